The Morgan fingerprint density at radius 3 is 1.79 bits per heavy atom. The van der Waals surface area contributed by atoms with Gasteiger partial charge in [-0.1, -0.05) is 30.2 Å². The first-order valence-corrected chi connectivity index (χ1v) is 9.59. The summed E-state index contributed by atoms with van der Waals surface area (Å²) in [6, 6.07) is 12.6. The van der Waals surface area contributed by atoms with Crippen molar-refractivity contribution in [2.45, 2.75) is 27.7 Å². The summed E-state index contributed by atoms with van der Waals surface area (Å²) in [7, 11) is 0. The lowest BCUT2D eigenvalue weighted by Crippen LogP contribution is -2.58. The second-order valence-electron chi connectivity index (χ2n) is 7.83. The van der Waals surface area contributed by atoms with Crippen molar-refractivity contribution < 1.29 is 9.47 Å². The minimum atomic E-state index is -0.0912. The van der Waals surface area contributed by atoms with Crippen LogP contribution in [0.5, 0.6) is 23.0 Å². The molecule has 0 aliphatic carbocycles. The normalized spacial score (nSPS) is 12.6. The van der Waals surface area contributed by atoms with E-state index >= 15 is 0 Å². The first kappa shape index (κ1) is 17.5. The van der Waals surface area contributed by atoms with Crippen LogP contribution in [0.15, 0.2) is 30.3 Å². The third-order valence-electron chi connectivity index (χ3n) is 6.01. The maximum atomic E-state index is 9.80. The monoisotopic (exact) mass is 375 g/mol. The molecule has 2 aliphatic heterocycles. The molecule has 0 amide bonds. The van der Waals surface area contributed by atoms with E-state index in [1.54, 1.807) is 0 Å². The van der Waals surface area contributed by atoms with Gasteiger partial charge in [-0.15, -0.1) is 6.42 Å². The summed E-state index contributed by atoms with van der Waals surface area (Å²) in [6.45, 7) is 7.91. The number of benzene rings is 3. The quantitative estimate of drug-likeness (QED) is 0.307. The summed E-state index contributed by atoms with van der Waals surface area (Å²) in [4.78, 5) is 0. The van der Waals surface area contributed by atoms with Gasteiger partial charge < -0.3 is 9.47 Å². The molecule has 0 saturated heterocycles. The van der Waals surface area contributed by atoms with Crippen LogP contribution < -0.4 is 25.9 Å². The molecule has 0 N–H and O–H groups in total. The lowest BCUT2D eigenvalue weighted by Gasteiger charge is -2.35. The van der Waals surface area contributed by atoms with Gasteiger partial charge in [0, 0.05) is 5.46 Å². The standard InChI is InChI=1S/C25H18BNO2/c1-6-17-13(2)7-9-19-24(17)28-22-15(4)11-16(5)23-21(22)26(19)20-10-8-14(3)18(12-27)25(20)29-23/h1,7-11H,2-5H3. The number of nitrogens with zero attached hydrogens (tertiary/aromatic N) is 1. The molecule has 29 heavy (non-hydrogen) atoms. The van der Waals surface area contributed by atoms with Gasteiger partial charge in [-0.05, 0) is 66.9 Å². The molecule has 5 rings (SSSR count). The van der Waals surface area contributed by atoms with Crippen molar-refractivity contribution >= 4 is 23.1 Å². The van der Waals surface area contributed by atoms with Gasteiger partial charge in [-0.2, -0.15) is 5.26 Å². The molecule has 3 aromatic rings. The van der Waals surface area contributed by atoms with Crippen LogP contribution in [0.3, 0.4) is 0 Å². The van der Waals surface area contributed by atoms with Crippen LogP contribution in [0.2, 0.25) is 0 Å². The Morgan fingerprint density at radius 2 is 1.28 bits per heavy atom. The van der Waals surface area contributed by atoms with Crippen LogP contribution in [0, 0.1) is 51.4 Å². The third kappa shape index (κ3) is 2.21. The summed E-state index contributed by atoms with van der Waals surface area (Å²) in [5.74, 6) is 5.76. The molecule has 0 saturated carbocycles. The van der Waals surface area contributed by atoms with E-state index in [9.17, 15) is 5.26 Å². The fraction of sp³-hybridized carbons (Fsp3) is 0.160. The zero-order chi connectivity index (χ0) is 20.4. The molecule has 3 aromatic carbocycles. The molecule has 4 heteroatoms. The van der Waals surface area contributed by atoms with E-state index in [-0.39, 0.29) is 6.71 Å². The van der Waals surface area contributed by atoms with Crippen molar-refractivity contribution in [3.8, 4) is 41.4 Å². The van der Waals surface area contributed by atoms with Gasteiger partial charge in [0.25, 0.3) is 6.71 Å². The molecule has 2 aliphatic rings. The Labute approximate surface area is 171 Å². The fourth-order valence-electron chi connectivity index (χ4n) is 4.59. The number of hydrogen-bond acceptors (Lipinski definition) is 3. The van der Waals surface area contributed by atoms with Crippen molar-refractivity contribution in [3.63, 3.8) is 0 Å². The summed E-state index contributed by atoms with van der Waals surface area (Å²) < 4.78 is 12.8. The molecule has 0 atom stereocenters. The summed E-state index contributed by atoms with van der Waals surface area (Å²) in [5, 5.41) is 9.80. The average Bonchev–Trinajstić information content (AvgIpc) is 2.70. The van der Waals surface area contributed by atoms with E-state index in [1.807, 2.05) is 39.8 Å². The van der Waals surface area contributed by atoms with E-state index in [4.69, 9.17) is 15.9 Å². The maximum absolute atomic E-state index is 9.80. The van der Waals surface area contributed by atoms with Crippen molar-refractivity contribution in [1.29, 1.82) is 5.26 Å². The molecule has 0 spiro atoms. The van der Waals surface area contributed by atoms with E-state index in [0.29, 0.717) is 11.3 Å². The predicted molar refractivity (Wildman–Crippen MR) is 116 cm³/mol. The average molecular weight is 375 g/mol. The molecule has 0 radical (unpaired) electrons. The predicted octanol–water partition coefficient (Wildman–Crippen LogP) is 3.50. The van der Waals surface area contributed by atoms with Crippen LogP contribution in [-0.2, 0) is 0 Å². The second kappa shape index (κ2) is 5.93. The highest BCUT2D eigenvalue weighted by Gasteiger charge is 2.43. The van der Waals surface area contributed by atoms with Crippen LogP contribution in [0.25, 0.3) is 0 Å². The second-order valence-corrected chi connectivity index (χ2v) is 7.83. The van der Waals surface area contributed by atoms with Crippen molar-refractivity contribution in [2.24, 2.45) is 0 Å². The smallest absolute Gasteiger partial charge is 0.260 e. The Kier molecular flexibility index (Phi) is 3.58. The Morgan fingerprint density at radius 1 is 0.759 bits per heavy atom. The molecule has 2 heterocycles. The maximum Gasteiger partial charge on any atom is 0.260 e. The zero-order valence-corrected chi connectivity index (χ0v) is 16.8. The van der Waals surface area contributed by atoms with E-state index < -0.39 is 0 Å². The van der Waals surface area contributed by atoms with Crippen LogP contribution in [0.1, 0.15) is 33.4 Å². The van der Waals surface area contributed by atoms with Gasteiger partial charge in [0.2, 0.25) is 0 Å². The lowest BCUT2D eigenvalue weighted by molar-refractivity contribution is 0.458. The van der Waals surface area contributed by atoms with Crippen LogP contribution in [-0.4, -0.2) is 6.71 Å². The lowest BCUT2D eigenvalue weighted by atomic mass is 9.34. The largest absolute Gasteiger partial charge is 0.457 e. The number of aryl methyl sites for hydroxylation is 4. The van der Waals surface area contributed by atoms with E-state index in [1.165, 1.54) is 0 Å². The number of nitriles is 1. The minimum Gasteiger partial charge on any atom is -0.457 e. The number of ether oxygens (including phenoxy) is 2. The van der Waals surface area contributed by atoms with Gasteiger partial charge in [0.05, 0.1) is 11.1 Å². The minimum absolute atomic E-state index is 0.0912. The first-order valence-electron chi connectivity index (χ1n) is 9.59. The number of rotatable bonds is 0. The SMILES string of the molecule is C#Cc1c(C)ccc2c1Oc1c(C)cc(C)c3c1B2c1ccc(C)c(C#N)c1O3. The highest BCUT2D eigenvalue weighted by atomic mass is 16.5. The topological polar surface area (TPSA) is 42.2 Å². The highest BCUT2D eigenvalue weighted by molar-refractivity contribution is 6.98. The summed E-state index contributed by atoms with van der Waals surface area (Å²) in [6.07, 6.45) is 5.85. The van der Waals surface area contributed by atoms with Gasteiger partial charge in [-0.3, -0.25) is 0 Å². The number of terminal acetylenes is 1. The van der Waals surface area contributed by atoms with Crippen molar-refractivity contribution in [1.82, 2.24) is 0 Å². The third-order valence-corrected chi connectivity index (χ3v) is 6.01. The molecule has 3 nitrogen and oxygen atoms in total. The molecular weight excluding hydrogens is 357 g/mol. The van der Waals surface area contributed by atoms with E-state index in [2.05, 4.69) is 30.2 Å². The fourth-order valence-corrected chi connectivity index (χ4v) is 4.59. The van der Waals surface area contributed by atoms with Gasteiger partial charge in [0.1, 0.15) is 29.1 Å². The van der Waals surface area contributed by atoms with E-state index in [0.717, 1.165) is 61.5 Å². The Hall–Kier alpha value is -3.63. The number of hydrogen-bond donors (Lipinski definition) is 0. The zero-order valence-electron chi connectivity index (χ0n) is 16.8. The molecular formula is C25H18BNO2. The molecule has 0 bridgehead atoms. The van der Waals surface area contributed by atoms with Crippen LogP contribution in [0.4, 0.5) is 0 Å². The molecule has 0 aromatic heterocycles. The Balaban J connectivity index is 1.93. The van der Waals surface area contributed by atoms with Crippen molar-refractivity contribution in [2.75, 3.05) is 0 Å². The molecule has 138 valence electrons. The number of fused-ring (bicyclic) bond motifs is 4. The van der Waals surface area contributed by atoms with Gasteiger partial charge in [0.15, 0.2) is 0 Å². The molecule has 0 unspecified atom stereocenters. The van der Waals surface area contributed by atoms with Crippen LogP contribution >= 0.6 is 0 Å². The summed E-state index contributed by atoms with van der Waals surface area (Å²) >= 11 is 0. The summed E-state index contributed by atoms with van der Waals surface area (Å²) in [5.41, 5.74) is 8.33. The first-order chi connectivity index (χ1) is 14.0. The highest BCUT2D eigenvalue weighted by Crippen LogP contribution is 2.40. The van der Waals surface area contributed by atoms with Gasteiger partial charge in [-0.25, -0.2) is 0 Å². The Bertz CT molecular complexity index is 1230. The van der Waals surface area contributed by atoms with Gasteiger partial charge >= 0.3 is 0 Å². The van der Waals surface area contributed by atoms with Crippen molar-refractivity contribution in [3.05, 3.63) is 63.7 Å². The molecule has 0 fully saturated rings.